The number of nitrogens with zero attached hydrogens (tertiary/aromatic N) is 4. The van der Waals surface area contributed by atoms with E-state index in [0.29, 0.717) is 35.9 Å². The summed E-state index contributed by atoms with van der Waals surface area (Å²) >= 11 is 0. The van der Waals surface area contributed by atoms with Crippen molar-refractivity contribution in [3.8, 4) is 17.3 Å². The molecule has 9 nitrogen and oxygen atoms in total. The molecule has 31 heavy (non-hydrogen) atoms. The Kier molecular flexibility index (Phi) is 5.82. The van der Waals surface area contributed by atoms with Gasteiger partial charge in [0.2, 0.25) is 11.8 Å². The van der Waals surface area contributed by atoms with Crippen LogP contribution in [0.15, 0.2) is 30.6 Å². The van der Waals surface area contributed by atoms with Crippen molar-refractivity contribution >= 4 is 23.3 Å². The van der Waals surface area contributed by atoms with Crippen LogP contribution in [-0.4, -0.2) is 59.0 Å². The van der Waals surface area contributed by atoms with Crippen LogP contribution in [-0.2, 0) is 14.3 Å². The Hall–Kier alpha value is -3.51. The minimum atomic E-state index is -0.494. The Labute approximate surface area is 180 Å². The van der Waals surface area contributed by atoms with Gasteiger partial charge in [-0.15, -0.1) is 0 Å². The standard InChI is InChI=1S/C22H24N6O3/c1-13(22(30)28-11-17(12-28)31-2)26-18-7-15(5-6-16(18)8-23)19-9-25-20(10-24-19)27-21(29)14-3-4-14/h5-7,9-10,13-14,17,26H,3-4,11-12H2,1-2H3,(H,25,27,29)/t13-/m0/s1. The first-order chi connectivity index (χ1) is 15.0. The predicted octanol–water partition coefficient (Wildman–Crippen LogP) is 2.02. The number of carbonyl (C=O) groups is 2. The summed E-state index contributed by atoms with van der Waals surface area (Å²) in [4.78, 5) is 34.8. The molecule has 1 aromatic heterocycles. The van der Waals surface area contributed by atoms with Crippen LogP contribution in [0.5, 0.6) is 0 Å². The van der Waals surface area contributed by atoms with Crippen molar-refractivity contribution < 1.29 is 14.3 Å². The number of rotatable bonds is 7. The molecule has 1 saturated heterocycles. The summed E-state index contributed by atoms with van der Waals surface area (Å²) in [6.45, 7) is 2.92. The molecule has 0 radical (unpaired) electrons. The maximum Gasteiger partial charge on any atom is 0.244 e. The lowest BCUT2D eigenvalue weighted by Crippen LogP contribution is -2.57. The number of hydrogen-bond donors (Lipinski definition) is 2. The first-order valence-electron chi connectivity index (χ1n) is 10.2. The zero-order chi connectivity index (χ0) is 22.0. The lowest BCUT2D eigenvalue weighted by atomic mass is 10.1. The summed E-state index contributed by atoms with van der Waals surface area (Å²) in [5.41, 5.74) is 2.33. The smallest absolute Gasteiger partial charge is 0.244 e. The molecular formula is C22H24N6O3. The topological polar surface area (TPSA) is 120 Å². The Morgan fingerprint density at radius 2 is 2.03 bits per heavy atom. The molecule has 0 unspecified atom stereocenters. The molecule has 2 amide bonds. The molecule has 1 aliphatic heterocycles. The highest BCUT2D eigenvalue weighted by Crippen LogP contribution is 2.30. The van der Waals surface area contributed by atoms with Crippen molar-refractivity contribution in [2.45, 2.75) is 31.9 Å². The Balaban J connectivity index is 1.46. The molecule has 2 aliphatic rings. The highest BCUT2D eigenvalue weighted by molar-refractivity contribution is 5.93. The van der Waals surface area contributed by atoms with Crippen LogP contribution in [0.1, 0.15) is 25.3 Å². The number of nitrogens with one attached hydrogen (secondary N) is 2. The molecule has 1 saturated carbocycles. The number of amides is 2. The maximum atomic E-state index is 12.6. The molecule has 0 spiro atoms. The van der Waals surface area contributed by atoms with E-state index in [1.54, 1.807) is 43.3 Å². The predicted molar refractivity (Wildman–Crippen MR) is 114 cm³/mol. The van der Waals surface area contributed by atoms with Crippen LogP contribution in [0.4, 0.5) is 11.5 Å². The summed E-state index contributed by atoms with van der Waals surface area (Å²) in [5.74, 6) is 0.438. The fourth-order valence-electron chi connectivity index (χ4n) is 3.37. The van der Waals surface area contributed by atoms with Gasteiger partial charge in [-0.25, -0.2) is 4.98 Å². The monoisotopic (exact) mass is 420 g/mol. The number of likely N-dealkylation sites (tertiary alicyclic amines) is 1. The van der Waals surface area contributed by atoms with Crippen molar-refractivity contribution in [1.29, 1.82) is 5.26 Å². The lowest BCUT2D eigenvalue weighted by Gasteiger charge is -2.39. The number of nitriles is 1. The van der Waals surface area contributed by atoms with Crippen LogP contribution in [0.3, 0.4) is 0 Å². The average molecular weight is 420 g/mol. The quantitative estimate of drug-likeness (QED) is 0.703. The molecule has 4 rings (SSSR count). The third-order valence-corrected chi connectivity index (χ3v) is 5.52. The van der Waals surface area contributed by atoms with Crippen LogP contribution < -0.4 is 10.6 Å². The zero-order valence-electron chi connectivity index (χ0n) is 17.5. The van der Waals surface area contributed by atoms with Gasteiger partial charge in [0.25, 0.3) is 0 Å². The molecular weight excluding hydrogens is 396 g/mol. The van der Waals surface area contributed by atoms with Crippen LogP contribution >= 0.6 is 0 Å². The molecule has 1 aliphatic carbocycles. The zero-order valence-corrected chi connectivity index (χ0v) is 17.5. The van der Waals surface area contributed by atoms with Gasteiger partial charge in [-0.1, -0.05) is 6.07 Å². The molecule has 9 heteroatoms. The van der Waals surface area contributed by atoms with Gasteiger partial charge in [0.1, 0.15) is 12.1 Å². The average Bonchev–Trinajstić information content (AvgIpc) is 3.59. The summed E-state index contributed by atoms with van der Waals surface area (Å²) < 4.78 is 5.22. The third kappa shape index (κ3) is 4.64. The first-order valence-corrected chi connectivity index (χ1v) is 10.2. The van der Waals surface area contributed by atoms with Gasteiger partial charge in [0.15, 0.2) is 5.82 Å². The van der Waals surface area contributed by atoms with Crippen LogP contribution in [0.2, 0.25) is 0 Å². The van der Waals surface area contributed by atoms with E-state index in [1.807, 2.05) is 0 Å². The van der Waals surface area contributed by atoms with E-state index in [0.717, 1.165) is 18.4 Å². The first kappa shape index (κ1) is 20.8. The van der Waals surface area contributed by atoms with E-state index >= 15 is 0 Å². The molecule has 0 bridgehead atoms. The summed E-state index contributed by atoms with van der Waals surface area (Å²) in [6, 6.07) is 6.90. The van der Waals surface area contributed by atoms with E-state index < -0.39 is 6.04 Å². The largest absolute Gasteiger partial charge is 0.378 e. The van der Waals surface area contributed by atoms with Gasteiger partial charge in [-0.2, -0.15) is 5.26 Å². The van der Waals surface area contributed by atoms with Crippen molar-refractivity contribution in [3.63, 3.8) is 0 Å². The Morgan fingerprint density at radius 1 is 1.26 bits per heavy atom. The number of aromatic nitrogens is 2. The number of ether oxygens (including phenoxy) is 1. The molecule has 1 aromatic carbocycles. The van der Waals surface area contributed by atoms with Crippen molar-refractivity contribution in [1.82, 2.24) is 14.9 Å². The second-order valence-corrected chi connectivity index (χ2v) is 7.89. The van der Waals surface area contributed by atoms with Crippen molar-refractivity contribution in [2.75, 3.05) is 30.8 Å². The van der Waals surface area contributed by atoms with E-state index in [4.69, 9.17) is 4.74 Å². The maximum absolute atomic E-state index is 12.6. The molecule has 2 N–H and O–H groups in total. The molecule has 160 valence electrons. The molecule has 2 fully saturated rings. The second kappa shape index (κ2) is 8.70. The molecule has 2 heterocycles. The van der Waals surface area contributed by atoms with Crippen LogP contribution in [0, 0.1) is 17.2 Å². The summed E-state index contributed by atoms with van der Waals surface area (Å²) in [6.07, 6.45) is 5.02. The van der Waals surface area contributed by atoms with Gasteiger partial charge in [0.05, 0.1) is 35.4 Å². The van der Waals surface area contributed by atoms with Crippen molar-refractivity contribution in [3.05, 3.63) is 36.2 Å². The van der Waals surface area contributed by atoms with Gasteiger partial charge in [0, 0.05) is 31.7 Å². The van der Waals surface area contributed by atoms with Crippen LogP contribution in [0.25, 0.3) is 11.3 Å². The number of benzene rings is 1. The van der Waals surface area contributed by atoms with E-state index in [2.05, 4.69) is 26.7 Å². The number of carbonyl (C=O) groups excluding carboxylic acids is 2. The minimum Gasteiger partial charge on any atom is -0.378 e. The SMILES string of the molecule is COC1CN(C(=O)[C@H](C)Nc2cc(-c3cnc(NC(=O)C4CC4)cn3)ccc2C#N)C1. The minimum absolute atomic E-state index is 0.0235. The lowest BCUT2D eigenvalue weighted by molar-refractivity contribution is -0.143. The molecule has 1 atom stereocenters. The van der Waals surface area contributed by atoms with Gasteiger partial charge in [-0.3, -0.25) is 14.6 Å². The van der Waals surface area contributed by atoms with E-state index in [-0.39, 0.29) is 23.8 Å². The normalized spacial score (nSPS) is 16.7. The Bertz CT molecular complexity index is 1020. The fraction of sp³-hybridized carbons (Fsp3) is 0.409. The summed E-state index contributed by atoms with van der Waals surface area (Å²) in [5, 5.41) is 15.4. The third-order valence-electron chi connectivity index (χ3n) is 5.52. The summed E-state index contributed by atoms with van der Waals surface area (Å²) in [7, 11) is 1.63. The second-order valence-electron chi connectivity index (χ2n) is 7.89. The van der Waals surface area contributed by atoms with E-state index in [1.165, 1.54) is 6.20 Å². The van der Waals surface area contributed by atoms with Gasteiger partial charge in [-0.05, 0) is 31.9 Å². The Morgan fingerprint density at radius 3 is 2.65 bits per heavy atom. The fourth-order valence-corrected chi connectivity index (χ4v) is 3.37. The highest BCUT2D eigenvalue weighted by atomic mass is 16.5. The van der Waals surface area contributed by atoms with Gasteiger partial charge >= 0.3 is 0 Å². The number of anilines is 2. The van der Waals surface area contributed by atoms with E-state index in [9.17, 15) is 14.9 Å². The molecule has 2 aromatic rings. The van der Waals surface area contributed by atoms with Crippen molar-refractivity contribution in [2.24, 2.45) is 5.92 Å². The van der Waals surface area contributed by atoms with Gasteiger partial charge < -0.3 is 20.3 Å². The number of methoxy groups -OCH3 is 1. The number of hydrogen-bond acceptors (Lipinski definition) is 7. The highest BCUT2D eigenvalue weighted by Gasteiger charge is 2.33.